The fraction of sp³-hybridized carbons (Fsp3) is 0.526. The molecule has 2 aromatic rings. The Kier molecular flexibility index (Phi) is 5.30. The molecule has 0 atom stereocenters. The molecule has 26 heavy (non-hydrogen) atoms. The molecule has 0 aliphatic rings. The third kappa shape index (κ3) is 3.38. The number of phenolic OH excluding ortho intramolecular Hbond substituents is 1. The van der Waals surface area contributed by atoms with Crippen molar-refractivity contribution in [2.45, 2.75) is 66.3 Å². The summed E-state index contributed by atoms with van der Waals surface area (Å²) in [6, 6.07) is 0. The molecule has 3 N–H and O–H groups in total. The van der Waals surface area contributed by atoms with Gasteiger partial charge in [-0.1, -0.05) is 34.6 Å². The Morgan fingerprint density at radius 1 is 0.923 bits per heavy atom. The largest absolute Gasteiger partial charge is 0.507 e. The number of nitrogens with one attached hydrogen (secondary N) is 2. The molecule has 0 spiro atoms. The molecule has 0 saturated heterocycles. The van der Waals surface area contributed by atoms with Crippen LogP contribution in [0.15, 0.2) is 14.4 Å². The second-order valence-corrected chi connectivity index (χ2v) is 7.52. The van der Waals surface area contributed by atoms with Gasteiger partial charge in [-0.3, -0.25) is 9.97 Å². The summed E-state index contributed by atoms with van der Waals surface area (Å²) < 4.78 is 0.943. The molecular formula is C19H27N3O4. The minimum atomic E-state index is -0.830. The first-order valence-electron chi connectivity index (χ1n) is 8.82. The van der Waals surface area contributed by atoms with Crippen LogP contribution in [0.3, 0.4) is 0 Å². The Hall–Kier alpha value is -2.57. The summed E-state index contributed by atoms with van der Waals surface area (Å²) in [6.07, 6.45) is 1.44. The maximum absolute atomic E-state index is 12.1. The lowest BCUT2D eigenvalue weighted by atomic mass is 9.77. The van der Waals surface area contributed by atoms with Crippen molar-refractivity contribution in [3.05, 3.63) is 59.3 Å². The van der Waals surface area contributed by atoms with Crippen molar-refractivity contribution in [1.82, 2.24) is 14.5 Å². The first-order chi connectivity index (χ1) is 12.0. The molecule has 142 valence electrons. The van der Waals surface area contributed by atoms with Gasteiger partial charge in [0.15, 0.2) is 0 Å². The van der Waals surface area contributed by atoms with E-state index in [1.54, 1.807) is 6.92 Å². The maximum atomic E-state index is 12.1. The van der Waals surface area contributed by atoms with E-state index in [1.807, 2.05) is 13.8 Å². The molecule has 1 aromatic heterocycles. The highest BCUT2D eigenvalue weighted by molar-refractivity contribution is 5.57. The molecule has 7 heteroatoms. The molecule has 0 aliphatic heterocycles. The van der Waals surface area contributed by atoms with Gasteiger partial charge >= 0.3 is 17.1 Å². The molecule has 1 aromatic carbocycles. The van der Waals surface area contributed by atoms with Crippen LogP contribution >= 0.6 is 0 Å². The lowest BCUT2D eigenvalue weighted by Gasteiger charge is -2.29. The van der Waals surface area contributed by atoms with Crippen LogP contribution < -0.4 is 17.1 Å². The van der Waals surface area contributed by atoms with Crippen molar-refractivity contribution in [3.63, 3.8) is 0 Å². The fourth-order valence-corrected chi connectivity index (χ4v) is 3.63. The highest BCUT2D eigenvalue weighted by atomic mass is 16.3. The van der Waals surface area contributed by atoms with Crippen molar-refractivity contribution in [1.29, 1.82) is 0 Å². The van der Waals surface area contributed by atoms with Gasteiger partial charge in [0.25, 0.3) is 0 Å². The predicted molar refractivity (Wildman–Crippen MR) is 101 cm³/mol. The summed E-state index contributed by atoms with van der Waals surface area (Å²) in [7, 11) is 0. The Labute approximate surface area is 151 Å². The summed E-state index contributed by atoms with van der Waals surface area (Å²) in [5.41, 5.74) is 1.78. The van der Waals surface area contributed by atoms with E-state index in [2.05, 4.69) is 30.7 Å². The molecule has 2 rings (SSSR count). The number of aromatic amines is 2. The standard InChI is InChI=1S/C19H27N3O4/c1-7-11-12(8-2)14(19(4,5)6)15(23)10(3)13(11)9-22-17(25)20-16(24)21-18(22)26/h23H,7-9H2,1-6H3,(H2,20,21,24,25,26). The van der Waals surface area contributed by atoms with Gasteiger partial charge in [-0.05, 0) is 47.4 Å². The van der Waals surface area contributed by atoms with Gasteiger partial charge in [-0.2, -0.15) is 0 Å². The number of aromatic hydroxyl groups is 1. The molecule has 0 fully saturated rings. The topological polar surface area (TPSA) is 108 Å². The molecular weight excluding hydrogens is 334 g/mol. The van der Waals surface area contributed by atoms with Crippen LogP contribution in [-0.4, -0.2) is 19.6 Å². The average molecular weight is 361 g/mol. The summed E-state index contributed by atoms with van der Waals surface area (Å²) in [6.45, 7) is 12.0. The minimum absolute atomic E-state index is 0.00899. The van der Waals surface area contributed by atoms with Crippen LogP contribution in [0.1, 0.15) is 62.4 Å². The molecule has 0 bridgehead atoms. The lowest BCUT2D eigenvalue weighted by Crippen LogP contribution is -2.43. The van der Waals surface area contributed by atoms with Gasteiger partial charge in [-0.25, -0.2) is 19.0 Å². The summed E-state index contributed by atoms with van der Waals surface area (Å²) >= 11 is 0. The number of H-pyrrole nitrogens is 2. The number of benzene rings is 1. The van der Waals surface area contributed by atoms with Crippen molar-refractivity contribution < 1.29 is 5.11 Å². The SMILES string of the molecule is CCc1c(Cn2c(=O)[nH]c(=O)[nH]c2=O)c(C)c(O)c(C(C)(C)C)c1CC. The molecule has 0 saturated carbocycles. The van der Waals surface area contributed by atoms with E-state index in [0.717, 1.165) is 33.2 Å². The van der Waals surface area contributed by atoms with Gasteiger partial charge in [0.05, 0.1) is 6.54 Å². The Bertz CT molecular complexity index is 969. The van der Waals surface area contributed by atoms with E-state index in [0.29, 0.717) is 12.0 Å². The molecule has 7 nitrogen and oxygen atoms in total. The van der Waals surface area contributed by atoms with Gasteiger partial charge in [-0.15, -0.1) is 0 Å². The number of phenols is 1. The molecule has 0 aliphatic carbocycles. The monoisotopic (exact) mass is 361 g/mol. The Morgan fingerprint density at radius 2 is 1.42 bits per heavy atom. The van der Waals surface area contributed by atoms with Crippen molar-refractivity contribution in [2.75, 3.05) is 0 Å². The highest BCUT2D eigenvalue weighted by Gasteiger charge is 2.27. The van der Waals surface area contributed by atoms with E-state index >= 15 is 0 Å². The first-order valence-corrected chi connectivity index (χ1v) is 8.82. The van der Waals surface area contributed by atoms with Crippen LogP contribution in [0.25, 0.3) is 0 Å². The van der Waals surface area contributed by atoms with Gasteiger partial charge in [0.1, 0.15) is 5.75 Å². The van der Waals surface area contributed by atoms with Crippen LogP contribution in [0.5, 0.6) is 5.75 Å². The summed E-state index contributed by atoms with van der Waals surface area (Å²) in [4.78, 5) is 39.5. The Balaban J connectivity index is 2.83. The predicted octanol–water partition coefficient (Wildman–Crippen LogP) is 1.71. The maximum Gasteiger partial charge on any atom is 0.333 e. The van der Waals surface area contributed by atoms with Gasteiger partial charge < -0.3 is 5.11 Å². The zero-order chi connectivity index (χ0) is 19.8. The molecule has 1 heterocycles. The molecule has 0 unspecified atom stereocenters. The van der Waals surface area contributed by atoms with Crippen LogP contribution in [0.4, 0.5) is 0 Å². The number of hydrogen-bond donors (Lipinski definition) is 3. The average Bonchev–Trinajstić information content (AvgIpc) is 2.52. The van der Waals surface area contributed by atoms with Crippen LogP contribution in [-0.2, 0) is 24.8 Å². The third-order valence-corrected chi connectivity index (χ3v) is 4.78. The smallest absolute Gasteiger partial charge is 0.333 e. The van der Waals surface area contributed by atoms with E-state index in [1.165, 1.54) is 0 Å². The van der Waals surface area contributed by atoms with E-state index < -0.39 is 17.1 Å². The molecule has 0 amide bonds. The van der Waals surface area contributed by atoms with Crippen LogP contribution in [0.2, 0.25) is 0 Å². The van der Waals surface area contributed by atoms with E-state index in [9.17, 15) is 19.5 Å². The number of nitrogens with zero attached hydrogens (tertiary/aromatic N) is 1. The second kappa shape index (κ2) is 6.97. The summed E-state index contributed by atoms with van der Waals surface area (Å²) in [5, 5.41) is 10.9. The third-order valence-electron chi connectivity index (χ3n) is 4.78. The van der Waals surface area contributed by atoms with Gasteiger partial charge in [0, 0.05) is 5.56 Å². The molecule has 0 radical (unpaired) electrons. The minimum Gasteiger partial charge on any atom is -0.507 e. The summed E-state index contributed by atoms with van der Waals surface area (Å²) in [5.74, 6) is 0.204. The fourth-order valence-electron chi connectivity index (χ4n) is 3.63. The number of aromatic nitrogens is 3. The lowest BCUT2D eigenvalue weighted by molar-refractivity contribution is 0.438. The number of rotatable bonds is 4. The first kappa shape index (κ1) is 19.8. The second-order valence-electron chi connectivity index (χ2n) is 7.52. The quantitative estimate of drug-likeness (QED) is 0.770. The highest BCUT2D eigenvalue weighted by Crippen LogP contribution is 2.40. The number of hydrogen-bond acceptors (Lipinski definition) is 4. The zero-order valence-electron chi connectivity index (χ0n) is 16.2. The van der Waals surface area contributed by atoms with Gasteiger partial charge in [0.2, 0.25) is 0 Å². The normalized spacial score (nSPS) is 11.8. The Morgan fingerprint density at radius 3 is 1.85 bits per heavy atom. The van der Waals surface area contributed by atoms with Crippen molar-refractivity contribution in [3.8, 4) is 5.75 Å². The van der Waals surface area contributed by atoms with Crippen molar-refractivity contribution in [2.24, 2.45) is 0 Å². The van der Waals surface area contributed by atoms with E-state index in [4.69, 9.17) is 0 Å². The van der Waals surface area contributed by atoms with E-state index in [-0.39, 0.29) is 17.7 Å². The van der Waals surface area contributed by atoms with Crippen molar-refractivity contribution >= 4 is 0 Å². The van der Waals surface area contributed by atoms with Crippen LogP contribution in [0, 0.1) is 6.92 Å². The zero-order valence-corrected chi connectivity index (χ0v) is 16.2.